The second-order valence-electron chi connectivity index (χ2n) is 6.82. The summed E-state index contributed by atoms with van der Waals surface area (Å²) in [5, 5.41) is 30.1. The summed E-state index contributed by atoms with van der Waals surface area (Å²) in [5.41, 5.74) is 4.60. The lowest BCUT2D eigenvalue weighted by Gasteiger charge is -2.30. The van der Waals surface area contributed by atoms with Crippen LogP contribution in [0.15, 0.2) is 103 Å². The molecule has 0 aliphatic rings. The van der Waals surface area contributed by atoms with Crippen molar-refractivity contribution in [2.24, 2.45) is 0 Å². The van der Waals surface area contributed by atoms with E-state index in [1.165, 1.54) is 6.07 Å². The third-order valence-corrected chi connectivity index (χ3v) is 4.88. The fraction of sp³-hybridized carbons (Fsp3) is 0. The Labute approximate surface area is 176 Å². The Morgan fingerprint density at radius 2 is 1.20 bits per heavy atom. The van der Waals surface area contributed by atoms with Gasteiger partial charge in [-0.05, 0) is 42.0 Å². The van der Waals surface area contributed by atoms with Crippen LogP contribution in [0.3, 0.4) is 0 Å². The minimum absolute atomic E-state index is 0.264. The lowest BCUT2D eigenvalue weighted by Crippen LogP contribution is -2.35. The monoisotopic (exact) mass is 390 g/mol. The van der Waals surface area contributed by atoms with E-state index >= 15 is 0 Å². The molecule has 0 aromatic heterocycles. The van der Waals surface area contributed by atoms with Gasteiger partial charge < -0.3 is 14.9 Å². The number of hydrogen-bond acceptors (Lipinski definition) is 4. The minimum Gasteiger partial charge on any atom is -0.423 e. The van der Waals surface area contributed by atoms with Crippen molar-refractivity contribution in [3.63, 3.8) is 0 Å². The summed E-state index contributed by atoms with van der Waals surface area (Å²) in [6.07, 6.45) is 0. The largest absolute Gasteiger partial charge is 0.490 e. The standard InChI is InChI=1S/C25H19BN2O2/c27-18-19-16-23(20-10-4-1-5-11-20)25(24(17-19)26(29)30)28(21-12-6-2-7-13-21)22-14-8-3-9-15-22/h1-17,29-30H. The van der Waals surface area contributed by atoms with Gasteiger partial charge in [0.25, 0.3) is 0 Å². The van der Waals surface area contributed by atoms with E-state index in [1.807, 2.05) is 95.9 Å². The average Bonchev–Trinajstić information content (AvgIpc) is 2.81. The molecule has 0 amide bonds. The van der Waals surface area contributed by atoms with Gasteiger partial charge in [-0.15, -0.1) is 0 Å². The Balaban J connectivity index is 2.09. The van der Waals surface area contributed by atoms with Crippen LogP contribution in [0.5, 0.6) is 0 Å². The topological polar surface area (TPSA) is 67.5 Å². The van der Waals surface area contributed by atoms with Gasteiger partial charge in [-0.1, -0.05) is 66.7 Å². The summed E-state index contributed by atoms with van der Waals surface area (Å²) in [5.74, 6) is 0. The highest BCUT2D eigenvalue weighted by Crippen LogP contribution is 2.40. The van der Waals surface area contributed by atoms with Gasteiger partial charge in [0.15, 0.2) is 0 Å². The van der Waals surface area contributed by atoms with Gasteiger partial charge in [-0.3, -0.25) is 0 Å². The summed E-state index contributed by atoms with van der Waals surface area (Å²) in [6, 6.07) is 34.6. The Morgan fingerprint density at radius 3 is 1.67 bits per heavy atom. The van der Waals surface area contributed by atoms with Crippen molar-refractivity contribution in [2.45, 2.75) is 0 Å². The zero-order valence-electron chi connectivity index (χ0n) is 16.2. The van der Waals surface area contributed by atoms with Gasteiger partial charge in [0.1, 0.15) is 0 Å². The van der Waals surface area contributed by atoms with E-state index in [1.54, 1.807) is 6.07 Å². The average molecular weight is 390 g/mol. The zero-order valence-corrected chi connectivity index (χ0v) is 16.2. The Kier molecular flexibility index (Phi) is 5.62. The zero-order chi connectivity index (χ0) is 20.9. The molecule has 0 atom stereocenters. The quantitative estimate of drug-likeness (QED) is 0.497. The van der Waals surface area contributed by atoms with Crippen LogP contribution >= 0.6 is 0 Å². The molecule has 4 nitrogen and oxygen atoms in total. The Bertz CT molecular complexity index is 1130. The number of nitriles is 1. The maximum absolute atomic E-state index is 10.3. The molecule has 0 unspecified atom stereocenters. The number of anilines is 3. The molecule has 0 fully saturated rings. The van der Waals surface area contributed by atoms with Gasteiger partial charge in [0.05, 0.1) is 17.3 Å². The summed E-state index contributed by atoms with van der Waals surface area (Å²) < 4.78 is 0. The third kappa shape index (κ3) is 3.83. The number of benzene rings is 4. The maximum atomic E-state index is 10.3. The van der Waals surface area contributed by atoms with Crippen molar-refractivity contribution in [1.82, 2.24) is 0 Å². The van der Waals surface area contributed by atoms with E-state index in [2.05, 4.69) is 6.07 Å². The highest BCUT2D eigenvalue weighted by atomic mass is 16.4. The maximum Gasteiger partial charge on any atom is 0.490 e. The Hall–Kier alpha value is -3.85. The minimum atomic E-state index is -1.74. The van der Waals surface area contributed by atoms with Gasteiger partial charge >= 0.3 is 7.12 Å². The van der Waals surface area contributed by atoms with Crippen molar-refractivity contribution in [3.8, 4) is 17.2 Å². The van der Waals surface area contributed by atoms with E-state index < -0.39 is 7.12 Å². The van der Waals surface area contributed by atoms with Crippen LogP contribution in [0.2, 0.25) is 0 Å². The normalized spacial score (nSPS) is 10.3. The molecule has 30 heavy (non-hydrogen) atoms. The lowest BCUT2D eigenvalue weighted by atomic mass is 9.75. The van der Waals surface area contributed by atoms with Crippen LogP contribution in [0.1, 0.15) is 5.56 Å². The van der Waals surface area contributed by atoms with Crippen LogP contribution in [0.25, 0.3) is 11.1 Å². The highest BCUT2D eigenvalue weighted by Gasteiger charge is 2.27. The van der Waals surface area contributed by atoms with E-state index in [9.17, 15) is 15.3 Å². The molecule has 4 aromatic carbocycles. The Morgan fingerprint density at radius 1 is 0.700 bits per heavy atom. The van der Waals surface area contributed by atoms with E-state index in [-0.39, 0.29) is 5.46 Å². The SMILES string of the molecule is N#Cc1cc(B(O)O)c(N(c2ccccc2)c2ccccc2)c(-c2ccccc2)c1. The molecule has 0 heterocycles. The molecule has 0 spiro atoms. The highest BCUT2D eigenvalue weighted by molar-refractivity contribution is 6.61. The fourth-order valence-corrected chi connectivity index (χ4v) is 3.57. The molecule has 0 aliphatic carbocycles. The predicted octanol–water partition coefficient (Wildman–Crippen LogP) is 4.37. The molecular weight excluding hydrogens is 371 g/mol. The first-order valence-electron chi connectivity index (χ1n) is 9.59. The van der Waals surface area contributed by atoms with E-state index in [4.69, 9.17) is 0 Å². The second kappa shape index (κ2) is 8.67. The van der Waals surface area contributed by atoms with Crippen LogP contribution in [-0.2, 0) is 0 Å². The summed E-state index contributed by atoms with van der Waals surface area (Å²) in [4.78, 5) is 1.98. The molecule has 5 heteroatoms. The molecule has 0 saturated carbocycles. The molecular formula is C25H19BN2O2. The lowest BCUT2D eigenvalue weighted by molar-refractivity contribution is 0.426. The van der Waals surface area contributed by atoms with Crippen molar-refractivity contribution in [1.29, 1.82) is 5.26 Å². The van der Waals surface area contributed by atoms with E-state index in [0.29, 0.717) is 11.3 Å². The van der Waals surface area contributed by atoms with Crippen molar-refractivity contribution in [2.75, 3.05) is 4.90 Å². The third-order valence-electron chi connectivity index (χ3n) is 4.88. The van der Waals surface area contributed by atoms with Crippen molar-refractivity contribution >= 4 is 29.6 Å². The van der Waals surface area contributed by atoms with Crippen molar-refractivity contribution < 1.29 is 10.0 Å². The summed E-state index contributed by atoms with van der Waals surface area (Å²) >= 11 is 0. The number of para-hydroxylation sites is 2. The molecule has 0 aliphatic heterocycles. The smallest absolute Gasteiger partial charge is 0.423 e. The number of rotatable bonds is 5. The molecule has 0 radical (unpaired) electrons. The molecule has 0 saturated heterocycles. The number of nitrogens with zero attached hydrogens (tertiary/aromatic N) is 2. The van der Waals surface area contributed by atoms with Crippen LogP contribution in [-0.4, -0.2) is 17.2 Å². The summed E-state index contributed by atoms with van der Waals surface area (Å²) in [6.45, 7) is 0. The fourth-order valence-electron chi connectivity index (χ4n) is 3.57. The van der Waals surface area contributed by atoms with Gasteiger partial charge in [-0.2, -0.15) is 5.26 Å². The predicted molar refractivity (Wildman–Crippen MR) is 121 cm³/mol. The number of hydrogen-bond donors (Lipinski definition) is 2. The van der Waals surface area contributed by atoms with Crippen LogP contribution < -0.4 is 10.4 Å². The van der Waals surface area contributed by atoms with E-state index in [0.717, 1.165) is 22.5 Å². The molecule has 144 valence electrons. The first-order chi connectivity index (χ1) is 14.7. The summed E-state index contributed by atoms with van der Waals surface area (Å²) in [7, 11) is -1.74. The second-order valence-corrected chi connectivity index (χ2v) is 6.82. The first kappa shape index (κ1) is 19.5. The van der Waals surface area contributed by atoms with Gasteiger partial charge in [0, 0.05) is 22.4 Å². The molecule has 4 rings (SSSR count). The van der Waals surface area contributed by atoms with Gasteiger partial charge in [-0.25, -0.2) is 0 Å². The van der Waals surface area contributed by atoms with Crippen molar-refractivity contribution in [3.05, 3.63) is 109 Å². The first-order valence-corrected chi connectivity index (χ1v) is 9.59. The van der Waals surface area contributed by atoms with Crippen LogP contribution in [0.4, 0.5) is 17.1 Å². The van der Waals surface area contributed by atoms with Crippen LogP contribution in [0, 0.1) is 11.3 Å². The molecule has 0 bridgehead atoms. The molecule has 4 aromatic rings. The van der Waals surface area contributed by atoms with Gasteiger partial charge in [0.2, 0.25) is 0 Å². The molecule has 2 N–H and O–H groups in total.